The van der Waals surface area contributed by atoms with Crippen LogP contribution in [0.2, 0.25) is 0 Å². The number of hydrogen-bond acceptors (Lipinski definition) is 4. The maximum Gasteiger partial charge on any atom is 0.334 e. The third-order valence-electron chi connectivity index (χ3n) is 4.36. The maximum absolute atomic E-state index is 12.1. The minimum Gasteiger partial charge on any atom is -0.454 e. The molecule has 19 heavy (non-hydrogen) atoms. The van der Waals surface area contributed by atoms with Crippen molar-refractivity contribution in [3.8, 4) is 0 Å². The van der Waals surface area contributed by atoms with Crippen molar-refractivity contribution in [2.45, 2.75) is 51.4 Å². The first-order valence-corrected chi connectivity index (χ1v) is 6.66. The topological polar surface area (TPSA) is 55.9 Å². The fourth-order valence-electron chi connectivity index (χ4n) is 2.68. The molecule has 3 atom stereocenters. The molecule has 2 aliphatic heterocycles. The third-order valence-corrected chi connectivity index (χ3v) is 4.36. The molecule has 2 bridgehead atoms. The summed E-state index contributed by atoms with van der Waals surface area (Å²) < 4.78 is 10.9. The van der Waals surface area contributed by atoms with Crippen LogP contribution in [0.25, 0.3) is 0 Å². The fourth-order valence-corrected chi connectivity index (χ4v) is 2.68. The van der Waals surface area contributed by atoms with Crippen molar-refractivity contribution in [1.29, 1.82) is 0 Å². The summed E-state index contributed by atoms with van der Waals surface area (Å²) in [4.78, 5) is 23.9. The second-order valence-electron chi connectivity index (χ2n) is 6.29. The maximum atomic E-state index is 12.1. The Hall–Kier alpha value is -1.42. The molecule has 4 heteroatoms. The van der Waals surface area contributed by atoms with Gasteiger partial charge in [0.2, 0.25) is 0 Å². The predicted octanol–water partition coefficient (Wildman–Crippen LogP) is 1.94. The second kappa shape index (κ2) is 3.79. The molecular weight excluding hydrogens is 244 g/mol. The highest BCUT2D eigenvalue weighted by atomic mass is 16.6. The lowest BCUT2D eigenvalue weighted by Gasteiger charge is -2.25. The Kier molecular flexibility index (Phi) is 2.52. The zero-order valence-electron chi connectivity index (χ0n) is 11.4. The van der Waals surface area contributed by atoms with E-state index in [9.17, 15) is 9.59 Å². The molecule has 0 radical (unpaired) electrons. The Morgan fingerprint density at radius 3 is 2.74 bits per heavy atom. The molecule has 3 aliphatic rings. The van der Waals surface area contributed by atoms with E-state index >= 15 is 0 Å². The molecular formula is C15H18O4. The van der Waals surface area contributed by atoms with Gasteiger partial charge in [0.1, 0.15) is 6.10 Å². The van der Waals surface area contributed by atoms with Crippen molar-refractivity contribution in [3.63, 3.8) is 0 Å². The van der Waals surface area contributed by atoms with Gasteiger partial charge < -0.3 is 9.47 Å². The zero-order valence-corrected chi connectivity index (χ0v) is 11.4. The van der Waals surface area contributed by atoms with Crippen LogP contribution in [-0.2, 0) is 19.1 Å². The normalized spacial score (nSPS) is 41.7. The first-order valence-electron chi connectivity index (χ1n) is 6.66. The van der Waals surface area contributed by atoms with Gasteiger partial charge in [0, 0.05) is 11.0 Å². The molecule has 102 valence electrons. The van der Waals surface area contributed by atoms with E-state index in [0.717, 1.165) is 0 Å². The van der Waals surface area contributed by atoms with Crippen molar-refractivity contribution in [3.05, 3.63) is 23.8 Å². The molecule has 0 saturated carbocycles. The molecule has 2 heterocycles. The third kappa shape index (κ3) is 1.94. The van der Waals surface area contributed by atoms with Gasteiger partial charge >= 0.3 is 5.97 Å². The van der Waals surface area contributed by atoms with E-state index in [-0.39, 0.29) is 24.0 Å². The summed E-state index contributed by atoms with van der Waals surface area (Å²) in [5.74, 6) is -0.236. The molecule has 0 unspecified atom stereocenters. The van der Waals surface area contributed by atoms with Crippen LogP contribution in [0.4, 0.5) is 0 Å². The number of fused-ring (bicyclic) bond motifs is 2. The molecule has 1 fully saturated rings. The van der Waals surface area contributed by atoms with Crippen molar-refractivity contribution < 1.29 is 19.1 Å². The number of hydrogen-bond donors (Lipinski definition) is 0. The van der Waals surface area contributed by atoms with E-state index in [1.165, 1.54) is 0 Å². The predicted molar refractivity (Wildman–Crippen MR) is 68.4 cm³/mol. The van der Waals surface area contributed by atoms with Gasteiger partial charge in [-0.1, -0.05) is 19.9 Å². The van der Waals surface area contributed by atoms with Crippen LogP contribution < -0.4 is 0 Å². The summed E-state index contributed by atoms with van der Waals surface area (Å²) in [5, 5.41) is 0. The molecule has 0 spiro atoms. The van der Waals surface area contributed by atoms with Crippen LogP contribution in [0.1, 0.15) is 33.6 Å². The Balaban J connectivity index is 1.95. The number of carbonyl (C=O) groups is 2. The van der Waals surface area contributed by atoms with E-state index in [1.807, 2.05) is 32.9 Å². The van der Waals surface area contributed by atoms with Crippen molar-refractivity contribution in [1.82, 2.24) is 0 Å². The summed E-state index contributed by atoms with van der Waals surface area (Å²) in [6.45, 7) is 5.74. The molecule has 0 N–H and O–H groups in total. The lowest BCUT2D eigenvalue weighted by Crippen LogP contribution is -2.28. The minimum absolute atomic E-state index is 0.000301. The Morgan fingerprint density at radius 2 is 2.00 bits per heavy atom. The van der Waals surface area contributed by atoms with E-state index in [1.54, 1.807) is 6.08 Å². The van der Waals surface area contributed by atoms with E-state index in [4.69, 9.17) is 9.47 Å². The lowest BCUT2D eigenvalue weighted by atomic mass is 9.85. The summed E-state index contributed by atoms with van der Waals surface area (Å²) in [6.07, 6.45) is 6.21. The number of ketones is 1. The minimum atomic E-state index is -0.694. The summed E-state index contributed by atoms with van der Waals surface area (Å²) >= 11 is 0. The Labute approximate surface area is 112 Å². The van der Waals surface area contributed by atoms with E-state index in [0.29, 0.717) is 18.4 Å². The van der Waals surface area contributed by atoms with Crippen molar-refractivity contribution in [2.24, 2.45) is 5.41 Å². The Bertz CT molecular complexity index is 514. The van der Waals surface area contributed by atoms with Crippen LogP contribution in [0.5, 0.6) is 0 Å². The fraction of sp³-hybridized carbons (Fsp3) is 0.600. The first-order chi connectivity index (χ1) is 8.83. The number of carbonyl (C=O) groups excluding carboxylic acids is 2. The van der Waals surface area contributed by atoms with Crippen LogP contribution in [-0.4, -0.2) is 29.6 Å². The number of esters is 1. The largest absolute Gasteiger partial charge is 0.454 e. The van der Waals surface area contributed by atoms with Gasteiger partial charge in [-0.2, -0.15) is 0 Å². The van der Waals surface area contributed by atoms with Crippen LogP contribution in [0, 0.1) is 5.41 Å². The summed E-state index contributed by atoms with van der Waals surface area (Å²) in [6, 6.07) is 0. The molecule has 1 aliphatic carbocycles. The Morgan fingerprint density at radius 1 is 1.26 bits per heavy atom. The molecule has 0 amide bonds. The monoisotopic (exact) mass is 262 g/mol. The highest BCUT2D eigenvalue weighted by Gasteiger charge is 2.57. The molecule has 0 aromatic heterocycles. The van der Waals surface area contributed by atoms with Gasteiger partial charge in [0.15, 0.2) is 11.4 Å². The van der Waals surface area contributed by atoms with Crippen LogP contribution in [0.15, 0.2) is 23.8 Å². The standard InChI is InChI=1S/C15H18O4/c1-14(2)7-6-10(16)15(3)11(19-15)5-4-9-8-12(14)18-13(9)17/h6-8,11-12H,4-5H2,1-3H3/b7-6+/t11-,12-,15+/m0/s1. The van der Waals surface area contributed by atoms with Crippen molar-refractivity contribution >= 4 is 11.8 Å². The summed E-state index contributed by atoms with van der Waals surface area (Å²) in [5.41, 5.74) is -0.377. The smallest absolute Gasteiger partial charge is 0.334 e. The lowest BCUT2D eigenvalue weighted by molar-refractivity contribution is -0.142. The second-order valence-corrected chi connectivity index (χ2v) is 6.29. The van der Waals surface area contributed by atoms with Gasteiger partial charge in [-0.3, -0.25) is 4.79 Å². The zero-order chi connectivity index (χ0) is 13.8. The molecule has 0 aromatic carbocycles. The highest BCUT2D eigenvalue weighted by Crippen LogP contribution is 2.43. The molecule has 1 saturated heterocycles. The molecule has 3 rings (SSSR count). The average Bonchev–Trinajstić information content (AvgIpc) is 2.85. The van der Waals surface area contributed by atoms with E-state index in [2.05, 4.69) is 0 Å². The van der Waals surface area contributed by atoms with Gasteiger partial charge in [0.25, 0.3) is 0 Å². The first kappa shape index (κ1) is 12.6. The van der Waals surface area contributed by atoms with Crippen LogP contribution >= 0.6 is 0 Å². The SMILES string of the molecule is CC1(C)/C=C/C(=O)[C@@]2(C)O[C@H]2CCC2=C[C@@H]1OC2=O. The van der Waals surface area contributed by atoms with Gasteiger partial charge in [-0.25, -0.2) is 4.79 Å². The van der Waals surface area contributed by atoms with Gasteiger partial charge in [0.05, 0.1) is 6.10 Å². The van der Waals surface area contributed by atoms with E-state index < -0.39 is 11.0 Å². The van der Waals surface area contributed by atoms with Crippen molar-refractivity contribution in [2.75, 3.05) is 0 Å². The van der Waals surface area contributed by atoms with Crippen LogP contribution in [0.3, 0.4) is 0 Å². The quantitative estimate of drug-likeness (QED) is 0.494. The average molecular weight is 262 g/mol. The molecule has 0 aromatic rings. The number of epoxide rings is 1. The highest BCUT2D eigenvalue weighted by molar-refractivity contribution is 5.99. The summed E-state index contributed by atoms with van der Waals surface area (Å²) in [7, 11) is 0. The number of rotatable bonds is 0. The molecule has 4 nitrogen and oxygen atoms in total. The van der Waals surface area contributed by atoms with Gasteiger partial charge in [-0.15, -0.1) is 0 Å². The van der Waals surface area contributed by atoms with Gasteiger partial charge in [-0.05, 0) is 31.9 Å². The number of ether oxygens (including phenoxy) is 2.